The van der Waals surface area contributed by atoms with E-state index in [1.165, 1.54) is 24.0 Å². The monoisotopic (exact) mass is 374 g/mol. The fourth-order valence-corrected chi connectivity index (χ4v) is 3.71. The van der Waals surface area contributed by atoms with Crippen molar-refractivity contribution in [3.63, 3.8) is 0 Å². The molecule has 3 aromatic rings. The summed E-state index contributed by atoms with van der Waals surface area (Å²) < 4.78 is 0. The van der Waals surface area contributed by atoms with Gasteiger partial charge in [-0.25, -0.2) is 4.98 Å². The summed E-state index contributed by atoms with van der Waals surface area (Å²) >= 11 is 0. The van der Waals surface area contributed by atoms with Crippen LogP contribution in [0, 0.1) is 0 Å². The Bertz CT molecular complexity index is 980. The second-order valence-electron chi connectivity index (χ2n) is 7.46. The number of unbranched alkanes of at least 4 members (excludes halogenated alkanes) is 1. The van der Waals surface area contributed by atoms with E-state index in [0.29, 0.717) is 12.4 Å². The van der Waals surface area contributed by atoms with Gasteiger partial charge < -0.3 is 4.98 Å². The molecule has 0 saturated heterocycles. The number of hydrogen-bond donors (Lipinski definition) is 1. The number of pyridine rings is 1. The van der Waals surface area contributed by atoms with Crippen LogP contribution in [0.2, 0.25) is 0 Å². The predicted molar refractivity (Wildman–Crippen MR) is 111 cm³/mol. The van der Waals surface area contributed by atoms with E-state index in [4.69, 9.17) is 4.98 Å². The van der Waals surface area contributed by atoms with Crippen molar-refractivity contribution in [1.29, 1.82) is 0 Å². The second-order valence-corrected chi connectivity index (χ2v) is 7.46. The molecule has 1 aliphatic heterocycles. The first-order valence-electron chi connectivity index (χ1n) is 10.1. The summed E-state index contributed by atoms with van der Waals surface area (Å²) in [6, 6.07) is 12.6. The zero-order valence-electron chi connectivity index (χ0n) is 16.3. The van der Waals surface area contributed by atoms with Gasteiger partial charge in [0.15, 0.2) is 0 Å². The average Bonchev–Trinajstić information content (AvgIpc) is 2.74. The number of nitrogens with one attached hydrogen (secondary N) is 1. The van der Waals surface area contributed by atoms with Crippen LogP contribution in [0.25, 0.3) is 11.4 Å². The largest absolute Gasteiger partial charge is 0.306 e. The van der Waals surface area contributed by atoms with E-state index in [2.05, 4.69) is 46.1 Å². The molecule has 1 N–H and O–H groups in total. The van der Waals surface area contributed by atoms with Gasteiger partial charge in [-0.2, -0.15) is 0 Å². The molecule has 4 rings (SSSR count). The van der Waals surface area contributed by atoms with Gasteiger partial charge >= 0.3 is 0 Å². The SMILES string of the molecule is CCCCc1ccc(CN2CCc3nc(-c4ccncc4)[nH]c(=O)c3C2)cc1. The maximum Gasteiger partial charge on any atom is 0.255 e. The second kappa shape index (κ2) is 8.48. The highest BCUT2D eigenvalue weighted by Gasteiger charge is 2.21. The maximum absolute atomic E-state index is 12.7. The summed E-state index contributed by atoms with van der Waals surface area (Å²) in [6.07, 6.45) is 7.83. The summed E-state index contributed by atoms with van der Waals surface area (Å²) in [7, 11) is 0. The Hall–Kier alpha value is -2.79. The summed E-state index contributed by atoms with van der Waals surface area (Å²) in [5.74, 6) is 0.627. The minimum Gasteiger partial charge on any atom is -0.306 e. The zero-order chi connectivity index (χ0) is 19.3. The number of fused-ring (bicyclic) bond motifs is 1. The summed E-state index contributed by atoms with van der Waals surface area (Å²) in [5.41, 5.74) is 5.27. The van der Waals surface area contributed by atoms with Crippen molar-refractivity contribution in [2.24, 2.45) is 0 Å². The molecule has 2 aromatic heterocycles. The first-order chi connectivity index (χ1) is 13.7. The van der Waals surface area contributed by atoms with Crippen LogP contribution in [-0.4, -0.2) is 26.4 Å². The van der Waals surface area contributed by atoms with Crippen LogP contribution < -0.4 is 5.56 Å². The van der Waals surface area contributed by atoms with Crippen molar-refractivity contribution < 1.29 is 0 Å². The summed E-state index contributed by atoms with van der Waals surface area (Å²) in [6.45, 7) is 4.64. The third-order valence-electron chi connectivity index (χ3n) is 5.35. The number of nitrogens with zero attached hydrogens (tertiary/aromatic N) is 3. The number of aromatic amines is 1. The van der Waals surface area contributed by atoms with Crippen LogP contribution in [0.15, 0.2) is 53.6 Å². The lowest BCUT2D eigenvalue weighted by molar-refractivity contribution is 0.242. The van der Waals surface area contributed by atoms with E-state index < -0.39 is 0 Å². The van der Waals surface area contributed by atoms with Crippen molar-refractivity contribution in [1.82, 2.24) is 19.9 Å². The average molecular weight is 374 g/mol. The molecule has 0 atom stereocenters. The quantitative estimate of drug-likeness (QED) is 0.714. The number of hydrogen-bond acceptors (Lipinski definition) is 4. The van der Waals surface area contributed by atoms with Crippen molar-refractivity contribution in [2.75, 3.05) is 6.54 Å². The number of aryl methyl sites for hydroxylation is 1. The normalized spacial score (nSPS) is 14.0. The Balaban J connectivity index is 1.47. The van der Waals surface area contributed by atoms with Gasteiger partial charge in [-0.3, -0.25) is 14.7 Å². The van der Waals surface area contributed by atoms with Gasteiger partial charge in [-0.1, -0.05) is 37.6 Å². The first-order valence-corrected chi connectivity index (χ1v) is 10.1. The van der Waals surface area contributed by atoms with Crippen molar-refractivity contribution in [2.45, 2.75) is 45.7 Å². The minimum atomic E-state index is -0.0311. The van der Waals surface area contributed by atoms with Gasteiger partial charge in [0.2, 0.25) is 0 Å². The van der Waals surface area contributed by atoms with E-state index in [9.17, 15) is 4.79 Å². The maximum atomic E-state index is 12.7. The molecule has 0 bridgehead atoms. The summed E-state index contributed by atoms with van der Waals surface area (Å²) in [4.78, 5) is 26.7. The Morgan fingerprint density at radius 2 is 1.82 bits per heavy atom. The topological polar surface area (TPSA) is 61.9 Å². The van der Waals surface area contributed by atoms with Gasteiger partial charge in [-0.05, 0) is 36.1 Å². The van der Waals surface area contributed by atoms with E-state index in [1.54, 1.807) is 12.4 Å². The highest BCUT2D eigenvalue weighted by molar-refractivity contribution is 5.54. The molecule has 0 fully saturated rings. The lowest BCUT2D eigenvalue weighted by Crippen LogP contribution is -2.35. The molecule has 1 aliphatic rings. The molecule has 0 saturated carbocycles. The predicted octanol–water partition coefficient (Wildman–Crippen LogP) is 3.73. The van der Waals surface area contributed by atoms with Crippen LogP contribution in [0.4, 0.5) is 0 Å². The van der Waals surface area contributed by atoms with Crippen LogP contribution in [-0.2, 0) is 25.9 Å². The van der Waals surface area contributed by atoms with Crippen molar-refractivity contribution in [3.05, 3.63) is 81.5 Å². The van der Waals surface area contributed by atoms with Gasteiger partial charge in [0.05, 0.1) is 11.3 Å². The van der Waals surface area contributed by atoms with Gasteiger partial charge in [0.1, 0.15) is 5.82 Å². The standard InChI is InChI=1S/C23H26N4O/c1-2-3-4-17-5-7-18(8-6-17)15-27-14-11-21-20(16-27)23(28)26-22(25-21)19-9-12-24-13-10-19/h5-10,12-13H,2-4,11,14-16H2,1H3,(H,25,26,28). The van der Waals surface area contributed by atoms with Crippen LogP contribution >= 0.6 is 0 Å². The van der Waals surface area contributed by atoms with Crippen LogP contribution in [0.5, 0.6) is 0 Å². The summed E-state index contributed by atoms with van der Waals surface area (Å²) in [5, 5.41) is 0. The molecule has 0 spiro atoms. The number of H-pyrrole nitrogens is 1. The lowest BCUT2D eigenvalue weighted by atomic mass is 10.0. The smallest absolute Gasteiger partial charge is 0.255 e. The van der Waals surface area contributed by atoms with Crippen molar-refractivity contribution >= 4 is 0 Å². The van der Waals surface area contributed by atoms with E-state index in [1.807, 2.05) is 12.1 Å². The minimum absolute atomic E-state index is 0.0311. The fourth-order valence-electron chi connectivity index (χ4n) is 3.71. The molecule has 0 aliphatic carbocycles. The molecular formula is C23H26N4O. The Kier molecular flexibility index (Phi) is 5.63. The van der Waals surface area contributed by atoms with Gasteiger partial charge in [0.25, 0.3) is 5.56 Å². The lowest BCUT2D eigenvalue weighted by Gasteiger charge is -2.27. The Morgan fingerprint density at radius 3 is 2.57 bits per heavy atom. The fraction of sp³-hybridized carbons (Fsp3) is 0.348. The van der Waals surface area contributed by atoms with E-state index in [0.717, 1.165) is 42.8 Å². The first kappa shape index (κ1) is 18.6. The van der Waals surface area contributed by atoms with Crippen LogP contribution in [0.3, 0.4) is 0 Å². The van der Waals surface area contributed by atoms with Crippen molar-refractivity contribution in [3.8, 4) is 11.4 Å². The zero-order valence-corrected chi connectivity index (χ0v) is 16.3. The molecule has 5 heteroatoms. The molecule has 0 radical (unpaired) electrons. The number of rotatable bonds is 6. The molecule has 5 nitrogen and oxygen atoms in total. The molecular weight excluding hydrogens is 348 g/mol. The number of benzene rings is 1. The molecule has 0 unspecified atom stereocenters. The van der Waals surface area contributed by atoms with Gasteiger partial charge in [-0.15, -0.1) is 0 Å². The third kappa shape index (κ3) is 4.20. The Labute approximate surface area is 165 Å². The van der Waals surface area contributed by atoms with E-state index >= 15 is 0 Å². The Morgan fingerprint density at radius 1 is 1.07 bits per heavy atom. The van der Waals surface area contributed by atoms with Gasteiger partial charge in [0, 0.05) is 44.0 Å². The molecule has 1 aromatic carbocycles. The van der Waals surface area contributed by atoms with Crippen LogP contribution in [0.1, 0.15) is 42.1 Å². The molecule has 3 heterocycles. The molecule has 144 valence electrons. The highest BCUT2D eigenvalue weighted by atomic mass is 16.1. The molecule has 28 heavy (non-hydrogen) atoms. The third-order valence-corrected chi connectivity index (χ3v) is 5.35. The van der Waals surface area contributed by atoms with E-state index in [-0.39, 0.29) is 5.56 Å². The highest BCUT2D eigenvalue weighted by Crippen LogP contribution is 2.20. The molecule has 0 amide bonds. The number of aromatic nitrogens is 3.